The van der Waals surface area contributed by atoms with Crippen LogP contribution in [0.25, 0.3) is 10.9 Å². The second kappa shape index (κ2) is 8.06. The number of aliphatic hydroxyl groups is 1. The monoisotopic (exact) mass is 333 g/mol. The molecule has 0 amide bonds. The van der Waals surface area contributed by atoms with Gasteiger partial charge in [0.15, 0.2) is 0 Å². The molecule has 0 spiro atoms. The molecule has 1 aromatic heterocycles. The van der Waals surface area contributed by atoms with Crippen molar-refractivity contribution in [1.82, 2.24) is 15.2 Å². The summed E-state index contributed by atoms with van der Waals surface area (Å²) in [4.78, 5) is 6.83. The number of halogens is 1. The van der Waals surface area contributed by atoms with Gasteiger partial charge >= 0.3 is 0 Å². The summed E-state index contributed by atoms with van der Waals surface area (Å²) >= 11 is 6.22. The molecule has 2 heterocycles. The van der Waals surface area contributed by atoms with Gasteiger partial charge in [-0.3, -0.25) is 4.98 Å². The van der Waals surface area contributed by atoms with Crippen LogP contribution in [0.2, 0.25) is 5.02 Å². The van der Waals surface area contributed by atoms with Crippen molar-refractivity contribution >= 4 is 22.5 Å². The maximum atomic E-state index is 8.99. The molecule has 2 N–H and O–H groups in total. The zero-order chi connectivity index (χ0) is 16.1. The maximum absolute atomic E-state index is 8.99. The maximum Gasteiger partial charge on any atom is 0.0747 e. The quantitative estimate of drug-likeness (QED) is 0.853. The van der Waals surface area contributed by atoms with E-state index in [9.17, 15) is 0 Å². The number of piperidine rings is 1. The SMILES string of the molecule is OCCN1CCC(CNCc2cc(Cl)cc3cccnc23)CC1. The molecule has 0 aliphatic carbocycles. The van der Waals surface area contributed by atoms with E-state index in [4.69, 9.17) is 16.7 Å². The van der Waals surface area contributed by atoms with Crippen LogP contribution in [0.3, 0.4) is 0 Å². The molecule has 0 radical (unpaired) electrons. The summed E-state index contributed by atoms with van der Waals surface area (Å²) in [5.41, 5.74) is 2.19. The molecule has 1 saturated heterocycles. The zero-order valence-corrected chi connectivity index (χ0v) is 14.1. The summed E-state index contributed by atoms with van der Waals surface area (Å²) in [5.74, 6) is 0.711. The van der Waals surface area contributed by atoms with Gasteiger partial charge in [0, 0.05) is 29.7 Å². The van der Waals surface area contributed by atoms with Gasteiger partial charge in [0.2, 0.25) is 0 Å². The van der Waals surface area contributed by atoms with Gasteiger partial charge in [-0.15, -0.1) is 0 Å². The minimum Gasteiger partial charge on any atom is -0.395 e. The molecule has 4 nitrogen and oxygen atoms in total. The fourth-order valence-corrected chi connectivity index (χ4v) is 3.58. The first-order valence-electron chi connectivity index (χ1n) is 8.33. The van der Waals surface area contributed by atoms with Crippen LogP contribution in [0.15, 0.2) is 30.5 Å². The van der Waals surface area contributed by atoms with Crippen LogP contribution in [0.1, 0.15) is 18.4 Å². The number of β-amino-alcohol motifs (C(OH)–C–C–N with tert-alkyl or cyclic N) is 1. The molecule has 2 aromatic rings. The Morgan fingerprint density at radius 2 is 2.13 bits per heavy atom. The van der Waals surface area contributed by atoms with Gasteiger partial charge in [-0.2, -0.15) is 0 Å². The minimum absolute atomic E-state index is 0.262. The molecule has 1 aromatic carbocycles. The Balaban J connectivity index is 1.53. The first kappa shape index (κ1) is 16.7. The van der Waals surface area contributed by atoms with Crippen molar-refractivity contribution in [1.29, 1.82) is 0 Å². The summed E-state index contributed by atoms with van der Waals surface area (Å²) < 4.78 is 0. The lowest BCUT2D eigenvalue weighted by atomic mass is 9.96. The standard InChI is InChI=1S/C18H24ClN3O/c19-17-10-15-2-1-5-21-18(15)16(11-17)13-20-12-14-3-6-22(7-4-14)8-9-23/h1-2,5,10-11,14,20,23H,3-4,6-9,12-13H2. The van der Waals surface area contributed by atoms with Crippen LogP contribution >= 0.6 is 11.6 Å². The zero-order valence-electron chi connectivity index (χ0n) is 13.3. The van der Waals surface area contributed by atoms with Crippen LogP contribution in [-0.4, -0.2) is 47.8 Å². The predicted octanol–water partition coefficient (Wildman–Crippen LogP) is 2.68. The third kappa shape index (κ3) is 4.42. The van der Waals surface area contributed by atoms with Crippen LogP contribution < -0.4 is 5.32 Å². The van der Waals surface area contributed by atoms with E-state index in [-0.39, 0.29) is 6.61 Å². The lowest BCUT2D eigenvalue weighted by Crippen LogP contribution is -2.38. The van der Waals surface area contributed by atoms with E-state index in [0.29, 0.717) is 5.92 Å². The van der Waals surface area contributed by atoms with Gasteiger partial charge in [-0.1, -0.05) is 17.7 Å². The third-order valence-corrected chi connectivity index (χ3v) is 4.84. The highest BCUT2D eigenvalue weighted by molar-refractivity contribution is 6.31. The number of likely N-dealkylation sites (tertiary alicyclic amines) is 1. The smallest absolute Gasteiger partial charge is 0.0747 e. The van der Waals surface area contributed by atoms with Crippen LogP contribution in [0.5, 0.6) is 0 Å². The third-order valence-electron chi connectivity index (χ3n) is 4.62. The molecular formula is C18H24ClN3O. The molecule has 23 heavy (non-hydrogen) atoms. The van der Waals surface area contributed by atoms with Crippen LogP contribution in [-0.2, 0) is 6.54 Å². The van der Waals surface area contributed by atoms with Gasteiger partial charge in [-0.05, 0) is 62.2 Å². The van der Waals surface area contributed by atoms with Gasteiger partial charge in [0.25, 0.3) is 0 Å². The van der Waals surface area contributed by atoms with E-state index >= 15 is 0 Å². The lowest BCUT2D eigenvalue weighted by Gasteiger charge is -2.31. The van der Waals surface area contributed by atoms with Gasteiger partial charge in [-0.25, -0.2) is 0 Å². The van der Waals surface area contributed by atoms with Crippen molar-refractivity contribution < 1.29 is 5.11 Å². The summed E-state index contributed by atoms with van der Waals surface area (Å²) in [5, 5.41) is 14.4. The van der Waals surface area contributed by atoms with E-state index in [0.717, 1.165) is 54.2 Å². The topological polar surface area (TPSA) is 48.4 Å². The molecule has 124 valence electrons. The van der Waals surface area contributed by atoms with Gasteiger partial charge in [0.05, 0.1) is 12.1 Å². The van der Waals surface area contributed by atoms with E-state index < -0.39 is 0 Å². The Hall–Kier alpha value is -1.20. The summed E-state index contributed by atoms with van der Waals surface area (Å²) in [6, 6.07) is 7.96. The lowest BCUT2D eigenvalue weighted by molar-refractivity contribution is 0.146. The number of nitrogens with zero attached hydrogens (tertiary/aromatic N) is 2. The highest BCUT2D eigenvalue weighted by Crippen LogP contribution is 2.22. The number of nitrogens with one attached hydrogen (secondary N) is 1. The normalized spacial score (nSPS) is 17.0. The van der Waals surface area contributed by atoms with Crippen LogP contribution in [0.4, 0.5) is 0 Å². The first-order chi connectivity index (χ1) is 11.3. The Labute approximate surface area is 142 Å². The Morgan fingerprint density at radius 1 is 1.30 bits per heavy atom. The molecule has 0 atom stereocenters. The second-order valence-corrected chi connectivity index (χ2v) is 6.72. The number of hydrogen-bond donors (Lipinski definition) is 2. The second-order valence-electron chi connectivity index (χ2n) is 6.28. The molecule has 3 rings (SSSR count). The molecule has 1 aliphatic rings. The molecule has 1 aliphatic heterocycles. The number of benzene rings is 1. The Bertz CT molecular complexity index is 641. The van der Waals surface area contributed by atoms with Gasteiger partial charge in [0.1, 0.15) is 0 Å². The number of aliphatic hydroxyl groups excluding tert-OH is 1. The average molecular weight is 334 g/mol. The van der Waals surface area contributed by atoms with Crippen molar-refractivity contribution in [2.75, 3.05) is 32.8 Å². The summed E-state index contributed by atoms with van der Waals surface area (Å²) in [6.07, 6.45) is 4.22. The van der Waals surface area contributed by atoms with Gasteiger partial charge < -0.3 is 15.3 Å². The highest BCUT2D eigenvalue weighted by atomic mass is 35.5. The fourth-order valence-electron chi connectivity index (χ4n) is 3.33. The fraction of sp³-hybridized carbons (Fsp3) is 0.500. The Kier molecular flexibility index (Phi) is 5.84. The predicted molar refractivity (Wildman–Crippen MR) is 94.7 cm³/mol. The number of rotatable bonds is 6. The van der Waals surface area contributed by atoms with Crippen LogP contribution in [0, 0.1) is 5.92 Å². The molecule has 0 saturated carbocycles. The van der Waals surface area contributed by atoms with Crippen molar-refractivity contribution in [2.45, 2.75) is 19.4 Å². The molecular weight excluding hydrogens is 310 g/mol. The molecule has 1 fully saturated rings. The number of pyridine rings is 1. The minimum atomic E-state index is 0.262. The molecule has 0 bridgehead atoms. The molecule has 5 heteroatoms. The van der Waals surface area contributed by atoms with E-state index in [2.05, 4.69) is 21.3 Å². The van der Waals surface area contributed by atoms with Crippen molar-refractivity contribution in [3.8, 4) is 0 Å². The van der Waals surface area contributed by atoms with Crippen molar-refractivity contribution in [2.24, 2.45) is 5.92 Å². The van der Waals surface area contributed by atoms with E-state index in [1.54, 1.807) is 0 Å². The molecule has 0 unspecified atom stereocenters. The van der Waals surface area contributed by atoms with E-state index in [1.165, 1.54) is 12.8 Å². The highest BCUT2D eigenvalue weighted by Gasteiger charge is 2.18. The number of fused-ring (bicyclic) bond motifs is 1. The largest absolute Gasteiger partial charge is 0.395 e. The Morgan fingerprint density at radius 3 is 2.91 bits per heavy atom. The average Bonchev–Trinajstić information content (AvgIpc) is 2.56. The number of hydrogen-bond acceptors (Lipinski definition) is 4. The van der Waals surface area contributed by atoms with Crippen molar-refractivity contribution in [3.63, 3.8) is 0 Å². The number of aromatic nitrogens is 1. The first-order valence-corrected chi connectivity index (χ1v) is 8.71. The van der Waals surface area contributed by atoms with E-state index in [1.807, 2.05) is 24.4 Å². The summed E-state index contributed by atoms with van der Waals surface area (Å²) in [6.45, 7) is 5.07. The summed E-state index contributed by atoms with van der Waals surface area (Å²) in [7, 11) is 0. The van der Waals surface area contributed by atoms with Crippen molar-refractivity contribution in [3.05, 3.63) is 41.0 Å².